The lowest BCUT2D eigenvalue weighted by Crippen LogP contribution is -2.50. The summed E-state index contributed by atoms with van der Waals surface area (Å²) in [5.41, 5.74) is 2.64. The molecule has 0 spiro atoms. The van der Waals surface area contributed by atoms with Crippen molar-refractivity contribution in [3.8, 4) is 22.8 Å². The number of hydrogen-bond acceptors (Lipinski definition) is 5. The van der Waals surface area contributed by atoms with E-state index in [1.807, 2.05) is 72.6 Å². The average molecular weight is 497 g/mol. The van der Waals surface area contributed by atoms with Gasteiger partial charge in [0.25, 0.3) is 11.8 Å². The molecule has 2 aliphatic rings. The number of carbonyl (C=O) groups is 2. The molecule has 8 heteroatoms. The van der Waals surface area contributed by atoms with E-state index < -0.39 is 0 Å². The third-order valence-electron chi connectivity index (χ3n) is 6.95. The molecular formula is C29H28N4O4. The Bertz CT molecular complexity index is 1480. The van der Waals surface area contributed by atoms with E-state index in [9.17, 15) is 9.59 Å². The second kappa shape index (κ2) is 9.61. The number of benzene rings is 3. The van der Waals surface area contributed by atoms with E-state index >= 15 is 0 Å². The van der Waals surface area contributed by atoms with Crippen molar-refractivity contribution in [2.45, 2.75) is 6.42 Å². The maximum Gasteiger partial charge on any atom is 0.257 e. The normalized spacial score (nSPS) is 15.5. The minimum Gasteiger partial charge on any atom is -0.490 e. The lowest BCUT2D eigenvalue weighted by atomic mass is 10.0. The van der Waals surface area contributed by atoms with Crippen molar-refractivity contribution < 1.29 is 19.1 Å². The topological polar surface area (TPSA) is 76.9 Å². The van der Waals surface area contributed by atoms with Crippen LogP contribution in [0.3, 0.4) is 0 Å². The summed E-state index contributed by atoms with van der Waals surface area (Å²) < 4.78 is 13.2. The highest BCUT2D eigenvalue weighted by Crippen LogP contribution is 2.35. The van der Waals surface area contributed by atoms with Crippen LogP contribution >= 0.6 is 0 Å². The summed E-state index contributed by atoms with van der Waals surface area (Å²) in [5.74, 6) is 1.28. The molecule has 0 N–H and O–H groups in total. The fourth-order valence-corrected chi connectivity index (χ4v) is 5.03. The molecule has 8 nitrogen and oxygen atoms in total. The summed E-state index contributed by atoms with van der Waals surface area (Å²) in [6.45, 7) is 3.09. The van der Waals surface area contributed by atoms with Crippen LogP contribution < -0.4 is 9.47 Å². The average Bonchev–Trinajstić information content (AvgIpc) is 3.18. The standard InChI is InChI=1S/C29H28N4O4/c1-31-19-24(27(30-31)21-10-11-25-26(18-21)37-17-5-16-36-25)29(35)33-14-12-32(13-15-33)28(34)23-9-4-7-20-6-2-3-8-22(20)23/h2-4,6-11,18-19H,5,12-17H2,1H3. The molecule has 6 rings (SSSR count). The predicted octanol–water partition coefficient (Wildman–Crippen LogP) is 4.00. The molecule has 2 amide bonds. The van der Waals surface area contributed by atoms with E-state index in [1.54, 1.807) is 15.8 Å². The highest BCUT2D eigenvalue weighted by molar-refractivity contribution is 6.07. The van der Waals surface area contributed by atoms with Gasteiger partial charge >= 0.3 is 0 Å². The Balaban J connectivity index is 1.19. The Labute approximate surface area is 215 Å². The molecule has 0 saturated carbocycles. The summed E-state index contributed by atoms with van der Waals surface area (Å²) in [5, 5.41) is 6.58. The molecule has 0 unspecified atom stereocenters. The number of piperazine rings is 1. The van der Waals surface area contributed by atoms with Crippen molar-refractivity contribution >= 4 is 22.6 Å². The van der Waals surface area contributed by atoms with Crippen LogP contribution in [0.2, 0.25) is 0 Å². The molecule has 0 atom stereocenters. The first kappa shape index (κ1) is 23.1. The first-order valence-corrected chi connectivity index (χ1v) is 12.6. The fourth-order valence-electron chi connectivity index (χ4n) is 5.03. The van der Waals surface area contributed by atoms with Crippen molar-refractivity contribution in [2.75, 3.05) is 39.4 Å². The van der Waals surface area contributed by atoms with E-state index in [0.717, 1.165) is 22.8 Å². The van der Waals surface area contributed by atoms with Crippen LogP contribution in [-0.4, -0.2) is 70.8 Å². The number of aromatic nitrogens is 2. The molecule has 37 heavy (non-hydrogen) atoms. The molecule has 4 aromatic rings. The largest absolute Gasteiger partial charge is 0.490 e. The van der Waals surface area contributed by atoms with E-state index in [4.69, 9.17) is 9.47 Å². The van der Waals surface area contributed by atoms with Crippen molar-refractivity contribution in [2.24, 2.45) is 7.05 Å². The minimum absolute atomic E-state index is 0.00170. The van der Waals surface area contributed by atoms with Gasteiger partial charge in [0.15, 0.2) is 11.5 Å². The number of carbonyl (C=O) groups excluding carboxylic acids is 2. The van der Waals surface area contributed by atoms with Crippen molar-refractivity contribution in [3.63, 3.8) is 0 Å². The molecule has 188 valence electrons. The van der Waals surface area contributed by atoms with Crippen LogP contribution in [0.25, 0.3) is 22.0 Å². The Morgan fingerprint density at radius 1 is 0.784 bits per heavy atom. The zero-order valence-electron chi connectivity index (χ0n) is 20.7. The third kappa shape index (κ3) is 4.39. The Morgan fingerprint density at radius 3 is 2.24 bits per heavy atom. The second-order valence-corrected chi connectivity index (χ2v) is 9.39. The van der Waals surface area contributed by atoms with Crippen LogP contribution in [-0.2, 0) is 7.05 Å². The maximum atomic E-state index is 13.6. The molecule has 2 aliphatic heterocycles. The summed E-state index contributed by atoms with van der Waals surface area (Å²) in [6, 6.07) is 19.4. The van der Waals surface area contributed by atoms with Gasteiger partial charge in [-0.05, 0) is 35.0 Å². The van der Waals surface area contributed by atoms with E-state index in [-0.39, 0.29) is 11.8 Å². The zero-order chi connectivity index (χ0) is 25.4. The smallest absolute Gasteiger partial charge is 0.257 e. The van der Waals surface area contributed by atoms with Gasteiger partial charge in [0, 0.05) is 57.0 Å². The summed E-state index contributed by atoms with van der Waals surface area (Å²) in [7, 11) is 1.81. The maximum absolute atomic E-state index is 13.6. The molecule has 3 aromatic carbocycles. The third-order valence-corrected chi connectivity index (χ3v) is 6.95. The number of amides is 2. The number of rotatable bonds is 3. The van der Waals surface area contributed by atoms with Gasteiger partial charge in [-0.2, -0.15) is 5.10 Å². The van der Waals surface area contributed by atoms with Crippen LogP contribution in [0, 0.1) is 0 Å². The summed E-state index contributed by atoms with van der Waals surface area (Å²) >= 11 is 0. The molecule has 3 heterocycles. The highest BCUT2D eigenvalue weighted by Gasteiger charge is 2.29. The Kier molecular flexibility index (Phi) is 6.00. The number of fused-ring (bicyclic) bond motifs is 2. The molecule has 1 fully saturated rings. The Morgan fingerprint density at radius 2 is 1.46 bits per heavy atom. The van der Waals surface area contributed by atoms with Crippen LogP contribution in [0.15, 0.2) is 66.9 Å². The molecular weight excluding hydrogens is 468 g/mol. The molecule has 0 radical (unpaired) electrons. The van der Waals surface area contributed by atoms with Gasteiger partial charge in [0.2, 0.25) is 0 Å². The van der Waals surface area contributed by atoms with Crippen LogP contribution in [0.4, 0.5) is 0 Å². The van der Waals surface area contributed by atoms with Gasteiger partial charge in [0.1, 0.15) is 5.69 Å². The van der Waals surface area contributed by atoms with E-state index in [2.05, 4.69) is 5.10 Å². The number of hydrogen-bond donors (Lipinski definition) is 0. The van der Waals surface area contributed by atoms with Crippen LogP contribution in [0.1, 0.15) is 27.1 Å². The summed E-state index contributed by atoms with van der Waals surface area (Å²) in [4.78, 5) is 30.6. The predicted molar refractivity (Wildman–Crippen MR) is 140 cm³/mol. The van der Waals surface area contributed by atoms with Gasteiger partial charge in [-0.3, -0.25) is 14.3 Å². The van der Waals surface area contributed by atoms with E-state index in [0.29, 0.717) is 67.7 Å². The van der Waals surface area contributed by atoms with Gasteiger partial charge in [-0.25, -0.2) is 0 Å². The van der Waals surface area contributed by atoms with Gasteiger partial charge < -0.3 is 19.3 Å². The molecule has 1 aromatic heterocycles. The van der Waals surface area contributed by atoms with Crippen molar-refractivity contribution in [1.82, 2.24) is 19.6 Å². The van der Waals surface area contributed by atoms with Crippen LogP contribution in [0.5, 0.6) is 11.5 Å². The molecule has 0 aliphatic carbocycles. The first-order chi connectivity index (χ1) is 18.1. The Hall–Kier alpha value is -4.33. The van der Waals surface area contributed by atoms with Gasteiger partial charge in [0.05, 0.1) is 18.8 Å². The lowest BCUT2D eigenvalue weighted by molar-refractivity contribution is 0.0537. The highest BCUT2D eigenvalue weighted by atomic mass is 16.5. The quantitative estimate of drug-likeness (QED) is 0.429. The lowest BCUT2D eigenvalue weighted by Gasteiger charge is -2.35. The SMILES string of the molecule is Cn1cc(C(=O)N2CCN(C(=O)c3cccc4ccccc34)CC2)c(-c2ccc3c(c2)OCCCO3)n1. The van der Waals surface area contributed by atoms with E-state index in [1.165, 1.54) is 0 Å². The summed E-state index contributed by atoms with van der Waals surface area (Å²) in [6.07, 6.45) is 2.58. The fraction of sp³-hybridized carbons (Fsp3) is 0.276. The number of aryl methyl sites for hydroxylation is 1. The van der Waals surface area contributed by atoms with Crippen molar-refractivity contribution in [1.29, 1.82) is 0 Å². The van der Waals surface area contributed by atoms with Gasteiger partial charge in [-0.1, -0.05) is 36.4 Å². The number of nitrogens with zero attached hydrogens (tertiary/aromatic N) is 4. The monoisotopic (exact) mass is 496 g/mol. The van der Waals surface area contributed by atoms with Crippen molar-refractivity contribution in [3.05, 3.63) is 78.0 Å². The van der Waals surface area contributed by atoms with Gasteiger partial charge in [-0.15, -0.1) is 0 Å². The minimum atomic E-state index is -0.0903. The zero-order valence-corrected chi connectivity index (χ0v) is 20.7. The molecule has 0 bridgehead atoms. The molecule has 1 saturated heterocycles. The number of ether oxygens (including phenoxy) is 2. The second-order valence-electron chi connectivity index (χ2n) is 9.39. The first-order valence-electron chi connectivity index (χ1n) is 12.6.